The molecular formula is C21H21N5S. The van der Waals surface area contributed by atoms with Gasteiger partial charge in [-0.05, 0) is 36.4 Å². The highest BCUT2D eigenvalue weighted by atomic mass is 32.2. The number of hydrogen-bond donors (Lipinski definition) is 0. The van der Waals surface area contributed by atoms with Crippen LogP contribution < -0.4 is 0 Å². The van der Waals surface area contributed by atoms with Gasteiger partial charge in [0.25, 0.3) is 0 Å². The second-order valence-corrected chi connectivity index (χ2v) is 8.42. The third-order valence-electron chi connectivity index (χ3n) is 5.11. The van der Waals surface area contributed by atoms with Gasteiger partial charge in [-0.2, -0.15) is 0 Å². The summed E-state index contributed by atoms with van der Waals surface area (Å²) >= 11 is 1.87. The van der Waals surface area contributed by atoms with E-state index in [4.69, 9.17) is 4.99 Å². The Morgan fingerprint density at radius 1 is 1.04 bits per heavy atom. The van der Waals surface area contributed by atoms with E-state index in [2.05, 4.69) is 56.8 Å². The summed E-state index contributed by atoms with van der Waals surface area (Å²) in [7, 11) is 0. The van der Waals surface area contributed by atoms with Crippen LogP contribution >= 0.6 is 11.8 Å². The fourth-order valence-corrected chi connectivity index (χ4v) is 5.04. The lowest BCUT2D eigenvalue weighted by Crippen LogP contribution is -2.30. The first-order chi connectivity index (χ1) is 13.3. The summed E-state index contributed by atoms with van der Waals surface area (Å²) < 4.78 is 2.30. The van der Waals surface area contributed by atoms with Crippen LogP contribution in [0.15, 0.2) is 72.1 Å². The molecular weight excluding hydrogens is 354 g/mol. The molecule has 5 nitrogen and oxygen atoms in total. The molecule has 2 aliphatic rings. The van der Waals surface area contributed by atoms with E-state index < -0.39 is 0 Å². The Morgan fingerprint density at radius 2 is 1.89 bits per heavy atom. The summed E-state index contributed by atoms with van der Waals surface area (Å²) in [4.78, 5) is 16.6. The highest BCUT2D eigenvalue weighted by Crippen LogP contribution is 2.47. The van der Waals surface area contributed by atoms with Crippen LogP contribution in [0.2, 0.25) is 0 Å². The molecule has 0 saturated carbocycles. The summed E-state index contributed by atoms with van der Waals surface area (Å²) in [5.74, 6) is 0. The molecule has 5 heterocycles. The van der Waals surface area contributed by atoms with E-state index in [1.54, 1.807) is 0 Å². The Balaban J connectivity index is 1.53. The standard InChI is InChI=1S/C21H21N5S/c1-15-13-26-20(19(24-21(26)27-15)17-8-3-5-11-23-17)18-9-6-12-25(18)14-16-7-2-4-10-22-16/h2-12,15,19-20H,13-14H2,1H3/t15-,19-,20-/m0/s1. The minimum atomic E-state index is 0.0265. The summed E-state index contributed by atoms with van der Waals surface area (Å²) in [6.45, 7) is 4.05. The molecule has 0 aliphatic carbocycles. The molecule has 5 rings (SSSR count). The van der Waals surface area contributed by atoms with Gasteiger partial charge in [0.2, 0.25) is 0 Å². The molecule has 1 fully saturated rings. The lowest BCUT2D eigenvalue weighted by Gasteiger charge is -2.28. The number of thioether (sulfide) groups is 1. The van der Waals surface area contributed by atoms with Gasteiger partial charge in [-0.25, -0.2) is 0 Å². The molecule has 6 heteroatoms. The van der Waals surface area contributed by atoms with Crippen molar-refractivity contribution in [3.05, 3.63) is 84.2 Å². The van der Waals surface area contributed by atoms with Crippen molar-refractivity contribution < 1.29 is 0 Å². The van der Waals surface area contributed by atoms with E-state index >= 15 is 0 Å². The minimum absolute atomic E-state index is 0.0265. The molecule has 27 heavy (non-hydrogen) atoms. The van der Waals surface area contributed by atoms with E-state index in [-0.39, 0.29) is 12.1 Å². The predicted molar refractivity (Wildman–Crippen MR) is 109 cm³/mol. The van der Waals surface area contributed by atoms with Gasteiger partial charge in [-0.15, -0.1) is 0 Å². The lowest BCUT2D eigenvalue weighted by atomic mass is 10.0. The number of rotatable bonds is 4. The molecule has 0 amide bonds. The van der Waals surface area contributed by atoms with Crippen molar-refractivity contribution in [3.63, 3.8) is 0 Å². The van der Waals surface area contributed by atoms with E-state index in [1.807, 2.05) is 48.4 Å². The number of aliphatic imine (C=N–C) groups is 1. The van der Waals surface area contributed by atoms with Crippen LogP contribution in [0.3, 0.4) is 0 Å². The van der Waals surface area contributed by atoms with E-state index in [9.17, 15) is 0 Å². The zero-order valence-electron chi connectivity index (χ0n) is 15.1. The number of aromatic nitrogens is 3. The molecule has 0 bridgehead atoms. The Bertz CT molecular complexity index is 953. The second kappa shape index (κ2) is 6.85. The average Bonchev–Trinajstić information content (AvgIpc) is 3.37. The average molecular weight is 376 g/mol. The quantitative estimate of drug-likeness (QED) is 0.693. The molecule has 0 radical (unpaired) electrons. The van der Waals surface area contributed by atoms with Gasteiger partial charge in [-0.3, -0.25) is 15.0 Å². The number of amidine groups is 1. The maximum atomic E-state index is 5.07. The highest BCUT2D eigenvalue weighted by Gasteiger charge is 2.44. The molecule has 1 saturated heterocycles. The topological polar surface area (TPSA) is 46.3 Å². The maximum absolute atomic E-state index is 5.07. The fourth-order valence-electron chi connectivity index (χ4n) is 3.94. The first-order valence-corrected chi connectivity index (χ1v) is 10.1. The summed E-state index contributed by atoms with van der Waals surface area (Å²) in [5.41, 5.74) is 3.36. The second-order valence-electron chi connectivity index (χ2n) is 7.02. The van der Waals surface area contributed by atoms with Crippen LogP contribution in [0, 0.1) is 0 Å². The molecule has 0 N–H and O–H groups in total. The molecule has 2 aliphatic heterocycles. The van der Waals surface area contributed by atoms with Crippen molar-refractivity contribution in [2.45, 2.75) is 30.8 Å². The predicted octanol–water partition coefficient (Wildman–Crippen LogP) is 3.92. The van der Waals surface area contributed by atoms with Crippen LogP contribution in [0.5, 0.6) is 0 Å². The third-order valence-corrected chi connectivity index (χ3v) is 6.21. The van der Waals surface area contributed by atoms with Crippen molar-refractivity contribution in [1.82, 2.24) is 19.4 Å². The van der Waals surface area contributed by atoms with Crippen LogP contribution in [-0.4, -0.2) is 36.4 Å². The monoisotopic (exact) mass is 375 g/mol. The van der Waals surface area contributed by atoms with Crippen LogP contribution in [0.25, 0.3) is 0 Å². The Morgan fingerprint density at radius 3 is 2.67 bits per heavy atom. The molecule has 0 aromatic carbocycles. The normalized spacial score (nSPS) is 24.1. The van der Waals surface area contributed by atoms with Crippen LogP contribution in [0.1, 0.15) is 36.1 Å². The molecule has 0 spiro atoms. The van der Waals surface area contributed by atoms with Gasteiger partial charge in [0, 0.05) is 36.1 Å². The summed E-state index contributed by atoms with van der Waals surface area (Å²) in [5, 5.41) is 1.71. The van der Waals surface area contributed by atoms with Crippen molar-refractivity contribution in [2.24, 2.45) is 4.99 Å². The van der Waals surface area contributed by atoms with Crippen molar-refractivity contribution >= 4 is 16.9 Å². The zero-order valence-corrected chi connectivity index (χ0v) is 16.0. The Labute approximate surface area is 163 Å². The van der Waals surface area contributed by atoms with Gasteiger partial charge < -0.3 is 9.47 Å². The minimum Gasteiger partial charge on any atom is -0.344 e. The van der Waals surface area contributed by atoms with Crippen LogP contribution in [-0.2, 0) is 6.54 Å². The maximum Gasteiger partial charge on any atom is 0.160 e. The first-order valence-electron chi connectivity index (χ1n) is 9.26. The molecule has 0 unspecified atom stereocenters. The first kappa shape index (κ1) is 16.6. The Kier molecular flexibility index (Phi) is 4.20. The van der Waals surface area contributed by atoms with E-state index in [0.29, 0.717) is 5.25 Å². The third kappa shape index (κ3) is 3.04. The Hall–Kier alpha value is -2.60. The SMILES string of the molecule is C[C@H]1CN2C(=N[C@@H](c3ccccn3)[C@@H]2c2cccn2Cc2ccccn2)S1. The number of fused-ring (bicyclic) bond motifs is 1. The van der Waals surface area contributed by atoms with Gasteiger partial charge in [0.15, 0.2) is 5.17 Å². The molecule has 3 aromatic heterocycles. The number of pyridine rings is 2. The fraction of sp³-hybridized carbons (Fsp3) is 0.286. The van der Waals surface area contributed by atoms with Gasteiger partial charge in [-0.1, -0.05) is 30.8 Å². The van der Waals surface area contributed by atoms with Gasteiger partial charge >= 0.3 is 0 Å². The van der Waals surface area contributed by atoms with E-state index in [0.717, 1.165) is 29.6 Å². The lowest BCUT2D eigenvalue weighted by molar-refractivity contribution is 0.307. The smallest absolute Gasteiger partial charge is 0.160 e. The summed E-state index contributed by atoms with van der Waals surface area (Å²) in [6.07, 6.45) is 5.85. The highest BCUT2D eigenvalue weighted by molar-refractivity contribution is 8.14. The zero-order chi connectivity index (χ0) is 18.2. The molecule has 3 aromatic rings. The van der Waals surface area contributed by atoms with Crippen molar-refractivity contribution in [3.8, 4) is 0 Å². The van der Waals surface area contributed by atoms with Crippen LogP contribution in [0.4, 0.5) is 0 Å². The largest absolute Gasteiger partial charge is 0.344 e. The molecule has 3 atom stereocenters. The summed E-state index contributed by atoms with van der Waals surface area (Å²) in [6, 6.07) is 16.7. The number of hydrogen-bond acceptors (Lipinski definition) is 5. The van der Waals surface area contributed by atoms with Gasteiger partial charge in [0.05, 0.1) is 24.0 Å². The van der Waals surface area contributed by atoms with E-state index in [1.165, 1.54) is 5.69 Å². The van der Waals surface area contributed by atoms with Gasteiger partial charge in [0.1, 0.15) is 6.04 Å². The molecule has 136 valence electrons. The van der Waals surface area contributed by atoms with Crippen molar-refractivity contribution in [1.29, 1.82) is 0 Å². The van der Waals surface area contributed by atoms with Crippen molar-refractivity contribution in [2.75, 3.05) is 6.54 Å². The number of nitrogens with zero attached hydrogens (tertiary/aromatic N) is 5.